The molecule has 0 bridgehead atoms. The minimum Gasteiger partial charge on any atom is -0.444 e. The molecule has 0 saturated heterocycles. The molecule has 1 aliphatic heterocycles. The molecule has 1 aromatic carbocycles. The highest BCUT2D eigenvalue weighted by molar-refractivity contribution is 5.68. The van der Waals surface area contributed by atoms with E-state index in [1.165, 1.54) is 0 Å². The average molecular weight is 370 g/mol. The van der Waals surface area contributed by atoms with Crippen LogP contribution in [0.4, 0.5) is 16.4 Å². The molecule has 7 heteroatoms. The van der Waals surface area contributed by atoms with Gasteiger partial charge in [-0.3, -0.25) is 0 Å². The van der Waals surface area contributed by atoms with E-state index in [-0.39, 0.29) is 12.7 Å². The second kappa shape index (κ2) is 7.92. The first-order valence-corrected chi connectivity index (χ1v) is 9.13. The number of hydrogen-bond donors (Lipinski definition) is 2. The molecule has 7 nitrogen and oxygen atoms in total. The summed E-state index contributed by atoms with van der Waals surface area (Å²) in [5.41, 5.74) is 3.32. The van der Waals surface area contributed by atoms with Gasteiger partial charge in [0.15, 0.2) is 0 Å². The Labute approximate surface area is 159 Å². The van der Waals surface area contributed by atoms with E-state index in [2.05, 4.69) is 15.3 Å². The summed E-state index contributed by atoms with van der Waals surface area (Å²) in [7, 11) is 0. The molecule has 0 spiro atoms. The molecule has 144 valence electrons. The molecule has 0 atom stereocenters. The molecular weight excluding hydrogens is 344 g/mol. The number of rotatable bonds is 4. The Bertz CT molecular complexity index is 800. The summed E-state index contributed by atoms with van der Waals surface area (Å²) >= 11 is 0. The van der Waals surface area contributed by atoms with Gasteiger partial charge in [-0.2, -0.15) is 0 Å². The van der Waals surface area contributed by atoms with E-state index >= 15 is 0 Å². The summed E-state index contributed by atoms with van der Waals surface area (Å²) in [5, 5.41) is 12.2. The average Bonchev–Trinajstić information content (AvgIpc) is 2.61. The number of nitrogens with one attached hydrogen (secondary N) is 1. The lowest BCUT2D eigenvalue weighted by atomic mass is 10.1. The quantitative estimate of drug-likeness (QED) is 0.860. The smallest absolute Gasteiger partial charge is 0.410 e. The maximum absolute atomic E-state index is 12.3. The molecule has 0 radical (unpaired) electrons. The standard InChI is InChI=1S/C20H26N4O3/c1-20(2,3)27-19(26)24-10-8-15-12-21-18(23-17(15)13-24)22-16-6-4-14(5-7-16)9-11-25/h4-7,12,25H,8-11,13H2,1-3H3,(H,21,22,23). The monoisotopic (exact) mass is 370 g/mol. The van der Waals surface area contributed by atoms with Crippen LogP contribution >= 0.6 is 0 Å². The van der Waals surface area contributed by atoms with Crippen molar-refractivity contribution >= 4 is 17.7 Å². The molecule has 3 rings (SSSR count). The SMILES string of the molecule is CC(C)(C)OC(=O)N1CCc2cnc(Nc3ccc(CCO)cc3)nc2C1. The Morgan fingerprint density at radius 2 is 2.04 bits per heavy atom. The molecule has 1 amide bonds. The number of benzene rings is 1. The molecule has 1 aromatic heterocycles. The largest absolute Gasteiger partial charge is 0.444 e. The first-order valence-electron chi connectivity index (χ1n) is 9.13. The fourth-order valence-electron chi connectivity index (χ4n) is 2.86. The number of anilines is 2. The fourth-order valence-corrected chi connectivity index (χ4v) is 2.86. The normalized spacial score (nSPS) is 13.9. The van der Waals surface area contributed by atoms with Crippen LogP contribution in [-0.4, -0.2) is 44.8 Å². The number of aliphatic hydroxyl groups is 1. The molecule has 2 heterocycles. The van der Waals surface area contributed by atoms with Crippen molar-refractivity contribution in [2.75, 3.05) is 18.5 Å². The van der Waals surface area contributed by atoms with Crippen LogP contribution in [-0.2, 0) is 24.1 Å². The van der Waals surface area contributed by atoms with Crippen LogP contribution in [0.2, 0.25) is 0 Å². The number of ether oxygens (including phenoxy) is 1. The van der Waals surface area contributed by atoms with Gasteiger partial charge in [0.05, 0.1) is 12.2 Å². The maximum atomic E-state index is 12.3. The van der Waals surface area contributed by atoms with Crippen LogP contribution in [0.25, 0.3) is 0 Å². The van der Waals surface area contributed by atoms with Gasteiger partial charge < -0.3 is 20.1 Å². The predicted molar refractivity (Wildman–Crippen MR) is 103 cm³/mol. The Morgan fingerprint density at radius 3 is 2.70 bits per heavy atom. The summed E-state index contributed by atoms with van der Waals surface area (Å²) in [4.78, 5) is 22.9. The van der Waals surface area contributed by atoms with Gasteiger partial charge in [-0.15, -0.1) is 0 Å². The third-order valence-electron chi connectivity index (χ3n) is 4.21. The number of hydrogen-bond acceptors (Lipinski definition) is 6. The minimum absolute atomic E-state index is 0.134. The Balaban J connectivity index is 1.69. The van der Waals surface area contributed by atoms with Gasteiger partial charge in [0, 0.05) is 25.0 Å². The van der Waals surface area contributed by atoms with Gasteiger partial charge in [0.2, 0.25) is 5.95 Å². The summed E-state index contributed by atoms with van der Waals surface area (Å²) in [6.07, 6.45) is 2.85. The number of nitrogens with zero attached hydrogens (tertiary/aromatic N) is 3. The van der Waals surface area contributed by atoms with Crippen LogP contribution in [0.15, 0.2) is 30.5 Å². The fraction of sp³-hybridized carbons (Fsp3) is 0.450. The Kier molecular flexibility index (Phi) is 5.60. The number of carbonyl (C=O) groups is 1. The summed E-state index contributed by atoms with van der Waals surface area (Å²) < 4.78 is 5.46. The number of amides is 1. The Hall–Kier alpha value is -2.67. The molecule has 0 unspecified atom stereocenters. The van der Waals surface area contributed by atoms with Gasteiger partial charge in [0.1, 0.15) is 5.60 Å². The maximum Gasteiger partial charge on any atom is 0.410 e. The lowest BCUT2D eigenvalue weighted by Gasteiger charge is -2.30. The van der Waals surface area contributed by atoms with E-state index in [0.29, 0.717) is 31.9 Å². The van der Waals surface area contributed by atoms with Crippen molar-refractivity contribution in [3.63, 3.8) is 0 Å². The lowest BCUT2D eigenvalue weighted by molar-refractivity contribution is 0.0220. The number of carbonyl (C=O) groups excluding carboxylic acids is 1. The van der Waals surface area contributed by atoms with Gasteiger partial charge in [-0.05, 0) is 56.9 Å². The van der Waals surface area contributed by atoms with E-state index in [4.69, 9.17) is 9.84 Å². The predicted octanol–water partition coefficient (Wildman–Crippen LogP) is 3.05. The molecule has 1 aliphatic rings. The summed E-state index contributed by atoms with van der Waals surface area (Å²) in [6, 6.07) is 7.78. The van der Waals surface area contributed by atoms with Crippen molar-refractivity contribution in [3.05, 3.63) is 47.3 Å². The second-order valence-electron chi connectivity index (χ2n) is 7.61. The molecule has 2 aromatic rings. The zero-order chi connectivity index (χ0) is 19.4. The summed E-state index contributed by atoms with van der Waals surface area (Å²) in [6.45, 7) is 6.73. The number of aliphatic hydroxyl groups excluding tert-OH is 1. The third kappa shape index (κ3) is 5.17. The van der Waals surface area contributed by atoms with Gasteiger partial charge in [-0.1, -0.05) is 12.1 Å². The van der Waals surface area contributed by atoms with Crippen molar-refractivity contribution in [1.29, 1.82) is 0 Å². The van der Waals surface area contributed by atoms with Crippen LogP contribution in [0.5, 0.6) is 0 Å². The molecule has 0 saturated carbocycles. The molecule has 2 N–H and O–H groups in total. The van der Waals surface area contributed by atoms with E-state index in [9.17, 15) is 4.79 Å². The molecule has 0 aliphatic carbocycles. The number of aromatic nitrogens is 2. The van der Waals surface area contributed by atoms with Crippen LogP contribution < -0.4 is 5.32 Å². The zero-order valence-electron chi connectivity index (χ0n) is 16.0. The minimum atomic E-state index is -0.516. The topological polar surface area (TPSA) is 87.6 Å². The first kappa shape index (κ1) is 19.1. The van der Waals surface area contributed by atoms with Crippen molar-refractivity contribution in [1.82, 2.24) is 14.9 Å². The molecule has 27 heavy (non-hydrogen) atoms. The first-order chi connectivity index (χ1) is 12.8. The van der Waals surface area contributed by atoms with E-state index in [1.807, 2.05) is 51.2 Å². The summed E-state index contributed by atoms with van der Waals surface area (Å²) in [5.74, 6) is 0.495. The van der Waals surface area contributed by atoms with E-state index < -0.39 is 5.60 Å². The second-order valence-corrected chi connectivity index (χ2v) is 7.61. The zero-order valence-corrected chi connectivity index (χ0v) is 16.0. The van der Waals surface area contributed by atoms with Crippen LogP contribution in [0.1, 0.15) is 37.6 Å². The van der Waals surface area contributed by atoms with Crippen molar-refractivity contribution in [2.24, 2.45) is 0 Å². The van der Waals surface area contributed by atoms with Crippen LogP contribution in [0.3, 0.4) is 0 Å². The van der Waals surface area contributed by atoms with Crippen LogP contribution in [0, 0.1) is 0 Å². The van der Waals surface area contributed by atoms with E-state index in [0.717, 1.165) is 22.5 Å². The number of fused-ring (bicyclic) bond motifs is 1. The van der Waals surface area contributed by atoms with Crippen molar-refractivity contribution in [3.8, 4) is 0 Å². The van der Waals surface area contributed by atoms with Crippen molar-refractivity contribution < 1.29 is 14.6 Å². The van der Waals surface area contributed by atoms with Gasteiger partial charge in [-0.25, -0.2) is 14.8 Å². The molecular formula is C20H26N4O3. The Morgan fingerprint density at radius 1 is 1.30 bits per heavy atom. The third-order valence-corrected chi connectivity index (χ3v) is 4.21. The highest BCUT2D eigenvalue weighted by atomic mass is 16.6. The van der Waals surface area contributed by atoms with E-state index in [1.54, 1.807) is 4.90 Å². The lowest BCUT2D eigenvalue weighted by Crippen LogP contribution is -2.40. The van der Waals surface area contributed by atoms with Crippen molar-refractivity contribution in [2.45, 2.75) is 45.8 Å². The van der Waals surface area contributed by atoms with Gasteiger partial charge >= 0.3 is 6.09 Å². The highest BCUT2D eigenvalue weighted by Gasteiger charge is 2.26. The van der Waals surface area contributed by atoms with Gasteiger partial charge in [0.25, 0.3) is 0 Å². The highest BCUT2D eigenvalue weighted by Crippen LogP contribution is 2.21. The molecule has 0 fully saturated rings.